The summed E-state index contributed by atoms with van der Waals surface area (Å²) in [6.07, 6.45) is -0.552. The molecule has 1 rings (SSSR count). The average molecular weight is 162 g/mol. The molecule has 0 aliphatic rings. The molecule has 62 valence electrons. The van der Waals surface area contributed by atoms with Crippen molar-refractivity contribution in [2.45, 2.75) is 13.0 Å². The van der Waals surface area contributed by atoms with Crippen molar-refractivity contribution in [1.29, 1.82) is 0 Å². The summed E-state index contributed by atoms with van der Waals surface area (Å²) in [7, 11) is 7.17. The van der Waals surface area contributed by atoms with Gasteiger partial charge in [0, 0.05) is 5.56 Å². The zero-order valence-corrected chi connectivity index (χ0v) is 7.24. The number of aliphatic hydroxyl groups excluding tert-OH is 1. The molecule has 0 bridgehead atoms. The second-order valence-electron chi connectivity index (χ2n) is 2.65. The lowest BCUT2D eigenvalue weighted by Gasteiger charge is -2.12. The van der Waals surface area contributed by atoms with Crippen LogP contribution in [0.1, 0.15) is 18.6 Å². The van der Waals surface area contributed by atoms with Gasteiger partial charge in [-0.05, 0) is 6.92 Å². The number of benzene rings is 1. The van der Waals surface area contributed by atoms with E-state index >= 15 is 0 Å². The van der Waals surface area contributed by atoms with Crippen molar-refractivity contribution in [3.05, 3.63) is 23.8 Å². The van der Waals surface area contributed by atoms with Crippen LogP contribution in [0, 0.1) is 0 Å². The second kappa shape index (κ2) is 3.63. The van der Waals surface area contributed by atoms with Crippen LogP contribution in [0.5, 0.6) is 5.75 Å². The van der Waals surface area contributed by atoms with E-state index in [1.54, 1.807) is 25.1 Å². The summed E-state index contributed by atoms with van der Waals surface area (Å²) in [5.41, 5.74) is 1.27. The number of para-hydroxylation sites is 1. The highest BCUT2D eigenvalue weighted by atomic mass is 16.5. The van der Waals surface area contributed by atoms with Crippen LogP contribution >= 0.6 is 0 Å². The maximum absolute atomic E-state index is 9.32. The molecule has 3 heteroatoms. The maximum Gasteiger partial charge on any atom is 0.119 e. The molecule has 0 saturated heterocycles. The van der Waals surface area contributed by atoms with E-state index in [4.69, 9.17) is 12.6 Å². The lowest BCUT2D eigenvalue weighted by molar-refractivity contribution is 0.194. The summed E-state index contributed by atoms with van der Waals surface area (Å²) >= 11 is 0. The fourth-order valence-electron chi connectivity index (χ4n) is 1.14. The first-order valence-electron chi connectivity index (χ1n) is 3.77. The molecule has 0 heterocycles. The van der Waals surface area contributed by atoms with E-state index in [2.05, 4.69) is 0 Å². The Morgan fingerprint density at radius 1 is 1.50 bits per heavy atom. The maximum atomic E-state index is 9.32. The van der Waals surface area contributed by atoms with Gasteiger partial charge in [0.15, 0.2) is 0 Å². The standard InChI is InChI=1S/C9H11BO2/c1-6(11)7-4-3-5-8(10)9(7)12-2/h3-6,11H,1-2H3/t6-/m0/s1. The normalized spacial score (nSPS) is 12.6. The summed E-state index contributed by atoms with van der Waals surface area (Å²) < 4.78 is 5.05. The number of methoxy groups -OCH3 is 1. The molecular formula is C9H11BO2. The van der Waals surface area contributed by atoms with Crippen molar-refractivity contribution in [2.75, 3.05) is 7.11 Å². The fourth-order valence-corrected chi connectivity index (χ4v) is 1.14. The van der Waals surface area contributed by atoms with Gasteiger partial charge in [-0.1, -0.05) is 23.7 Å². The quantitative estimate of drug-likeness (QED) is 0.643. The molecule has 0 aromatic heterocycles. The Kier molecular flexibility index (Phi) is 2.76. The minimum absolute atomic E-state index is 0.552. The van der Waals surface area contributed by atoms with Crippen LogP contribution in [0.4, 0.5) is 0 Å². The molecular weight excluding hydrogens is 151 g/mol. The highest BCUT2D eigenvalue weighted by Gasteiger charge is 2.08. The van der Waals surface area contributed by atoms with Crippen LogP contribution in [0.15, 0.2) is 18.2 Å². The third kappa shape index (κ3) is 1.61. The van der Waals surface area contributed by atoms with E-state index in [1.807, 2.05) is 0 Å². The van der Waals surface area contributed by atoms with Crippen LogP contribution in [-0.2, 0) is 0 Å². The summed E-state index contributed by atoms with van der Waals surface area (Å²) in [6.45, 7) is 1.68. The molecule has 0 aliphatic heterocycles. The van der Waals surface area contributed by atoms with Crippen molar-refractivity contribution in [3.8, 4) is 5.75 Å². The lowest BCUT2D eigenvalue weighted by Crippen LogP contribution is -2.10. The second-order valence-corrected chi connectivity index (χ2v) is 2.65. The van der Waals surface area contributed by atoms with Gasteiger partial charge < -0.3 is 9.84 Å². The predicted octanol–water partition coefficient (Wildman–Crippen LogP) is 0.542. The molecule has 1 aromatic rings. The zero-order chi connectivity index (χ0) is 9.14. The molecule has 0 aliphatic carbocycles. The van der Waals surface area contributed by atoms with Gasteiger partial charge in [0.05, 0.1) is 13.2 Å². The van der Waals surface area contributed by atoms with Crippen molar-refractivity contribution in [1.82, 2.24) is 0 Å². The van der Waals surface area contributed by atoms with Gasteiger partial charge in [0.2, 0.25) is 0 Å². The van der Waals surface area contributed by atoms with Gasteiger partial charge in [0.25, 0.3) is 0 Å². The Morgan fingerprint density at radius 2 is 2.17 bits per heavy atom. The van der Waals surface area contributed by atoms with Gasteiger partial charge in [-0.15, -0.1) is 0 Å². The molecule has 0 fully saturated rings. The van der Waals surface area contributed by atoms with Gasteiger partial charge in [-0.25, -0.2) is 0 Å². The van der Waals surface area contributed by atoms with E-state index in [-0.39, 0.29) is 0 Å². The first kappa shape index (κ1) is 9.14. The molecule has 0 unspecified atom stereocenters. The number of ether oxygens (including phenoxy) is 1. The van der Waals surface area contributed by atoms with Crippen LogP contribution in [0.2, 0.25) is 0 Å². The largest absolute Gasteiger partial charge is 0.497 e. The SMILES string of the molecule is [B]c1cccc([C@H](C)O)c1OC. The Hall–Kier alpha value is -0.955. The molecule has 12 heavy (non-hydrogen) atoms. The van der Waals surface area contributed by atoms with Crippen molar-refractivity contribution in [3.63, 3.8) is 0 Å². The average Bonchev–Trinajstić information content (AvgIpc) is 2.03. The Labute approximate surface area is 73.6 Å². The van der Waals surface area contributed by atoms with E-state index < -0.39 is 6.10 Å². The molecule has 0 saturated carbocycles. The lowest BCUT2D eigenvalue weighted by atomic mass is 9.91. The number of hydrogen-bond acceptors (Lipinski definition) is 2. The van der Waals surface area contributed by atoms with Gasteiger partial charge >= 0.3 is 0 Å². The molecule has 0 amide bonds. The monoisotopic (exact) mass is 162 g/mol. The van der Waals surface area contributed by atoms with Gasteiger partial charge in [0.1, 0.15) is 13.6 Å². The van der Waals surface area contributed by atoms with Crippen LogP contribution in [0.3, 0.4) is 0 Å². The minimum Gasteiger partial charge on any atom is -0.497 e. The van der Waals surface area contributed by atoms with Crippen molar-refractivity contribution in [2.24, 2.45) is 0 Å². The van der Waals surface area contributed by atoms with E-state index in [0.29, 0.717) is 11.2 Å². The first-order chi connectivity index (χ1) is 5.66. The third-order valence-corrected chi connectivity index (χ3v) is 1.73. The fraction of sp³-hybridized carbons (Fsp3) is 0.333. The van der Waals surface area contributed by atoms with Crippen LogP contribution in [0.25, 0.3) is 0 Å². The van der Waals surface area contributed by atoms with Crippen molar-refractivity contribution < 1.29 is 9.84 Å². The topological polar surface area (TPSA) is 29.5 Å². The highest BCUT2D eigenvalue weighted by molar-refractivity contribution is 6.34. The number of hydrogen-bond donors (Lipinski definition) is 1. The van der Waals surface area contributed by atoms with E-state index in [0.717, 1.165) is 5.56 Å². The third-order valence-electron chi connectivity index (χ3n) is 1.73. The number of rotatable bonds is 2. The first-order valence-corrected chi connectivity index (χ1v) is 3.77. The van der Waals surface area contributed by atoms with Crippen LogP contribution < -0.4 is 10.2 Å². The smallest absolute Gasteiger partial charge is 0.119 e. The Balaban J connectivity index is 3.18. The highest BCUT2D eigenvalue weighted by Crippen LogP contribution is 2.21. The molecule has 1 atom stereocenters. The zero-order valence-electron chi connectivity index (χ0n) is 7.24. The molecule has 2 nitrogen and oxygen atoms in total. The minimum atomic E-state index is -0.552. The molecule has 2 radical (unpaired) electrons. The Bertz CT molecular complexity index is 271. The van der Waals surface area contributed by atoms with Crippen molar-refractivity contribution >= 4 is 13.3 Å². The Morgan fingerprint density at radius 3 is 2.58 bits per heavy atom. The molecule has 0 spiro atoms. The number of aliphatic hydroxyl groups is 1. The summed E-state index contributed by atoms with van der Waals surface area (Å²) in [5.74, 6) is 0.563. The molecule has 1 aromatic carbocycles. The summed E-state index contributed by atoms with van der Waals surface area (Å²) in [4.78, 5) is 0. The molecule has 1 N–H and O–H groups in total. The van der Waals surface area contributed by atoms with E-state index in [1.165, 1.54) is 7.11 Å². The predicted molar refractivity (Wildman–Crippen MR) is 49.0 cm³/mol. The van der Waals surface area contributed by atoms with Gasteiger partial charge in [-0.2, -0.15) is 0 Å². The summed E-state index contributed by atoms with van der Waals surface area (Å²) in [5, 5.41) is 9.32. The van der Waals surface area contributed by atoms with Crippen LogP contribution in [-0.4, -0.2) is 20.1 Å². The van der Waals surface area contributed by atoms with E-state index in [9.17, 15) is 5.11 Å². The summed E-state index contributed by atoms with van der Waals surface area (Å²) in [6, 6.07) is 5.32. The van der Waals surface area contributed by atoms with Gasteiger partial charge in [-0.3, -0.25) is 0 Å².